The second kappa shape index (κ2) is 5.98. The first-order valence-electron chi connectivity index (χ1n) is 5.10. The third-order valence-corrected chi connectivity index (χ3v) is 3.96. The minimum atomic E-state index is -0.607. The van der Waals surface area contributed by atoms with Crippen LogP contribution in [0, 0.1) is 0 Å². The summed E-state index contributed by atoms with van der Waals surface area (Å²) in [7, 11) is 1.40. The Morgan fingerprint density at radius 2 is 2.56 bits per heavy atom. The zero-order chi connectivity index (χ0) is 12.0. The predicted molar refractivity (Wildman–Crippen MR) is 63.3 cm³/mol. The Balaban J connectivity index is 2.58. The van der Waals surface area contributed by atoms with Crippen molar-refractivity contribution in [1.82, 2.24) is 5.32 Å². The van der Waals surface area contributed by atoms with Crippen molar-refractivity contribution in [3.05, 3.63) is 10.4 Å². The Bertz CT molecular complexity index is 306. The molecule has 7 heteroatoms. The van der Waals surface area contributed by atoms with Crippen LogP contribution in [0.15, 0.2) is 5.11 Å². The van der Waals surface area contributed by atoms with Crippen molar-refractivity contribution >= 4 is 17.7 Å². The standard InChI is InChI=1S/C9H16N4O2S/c1-7-5-9(6-16-7,8(14)15-2)11-3-4-12-13-10/h7,11H,3-6H2,1-2H3. The highest BCUT2D eigenvalue weighted by Gasteiger charge is 2.45. The van der Waals surface area contributed by atoms with Crippen LogP contribution in [-0.2, 0) is 9.53 Å². The molecule has 90 valence electrons. The molecule has 0 radical (unpaired) electrons. The molecule has 0 amide bonds. The fourth-order valence-electron chi connectivity index (χ4n) is 1.82. The maximum absolute atomic E-state index is 11.7. The Morgan fingerprint density at radius 3 is 3.06 bits per heavy atom. The largest absolute Gasteiger partial charge is 0.468 e. The quantitative estimate of drug-likeness (QED) is 0.260. The number of ether oxygens (including phenoxy) is 1. The van der Waals surface area contributed by atoms with Crippen LogP contribution in [0.4, 0.5) is 0 Å². The highest BCUT2D eigenvalue weighted by molar-refractivity contribution is 8.00. The number of hydrogen-bond donors (Lipinski definition) is 1. The van der Waals surface area contributed by atoms with Gasteiger partial charge in [-0.3, -0.25) is 4.79 Å². The van der Waals surface area contributed by atoms with E-state index in [0.29, 0.717) is 24.1 Å². The van der Waals surface area contributed by atoms with Crippen molar-refractivity contribution in [2.45, 2.75) is 24.1 Å². The number of nitrogens with one attached hydrogen (secondary N) is 1. The molecule has 1 heterocycles. The molecule has 0 spiro atoms. The average Bonchev–Trinajstić information content (AvgIpc) is 2.67. The van der Waals surface area contributed by atoms with E-state index in [1.54, 1.807) is 11.8 Å². The first-order chi connectivity index (χ1) is 7.64. The molecule has 0 aromatic heterocycles. The lowest BCUT2D eigenvalue weighted by molar-refractivity contribution is -0.147. The van der Waals surface area contributed by atoms with Crippen molar-refractivity contribution < 1.29 is 9.53 Å². The first kappa shape index (κ1) is 13.2. The lowest BCUT2D eigenvalue weighted by Gasteiger charge is -2.26. The molecule has 16 heavy (non-hydrogen) atoms. The molecule has 1 N–H and O–H groups in total. The summed E-state index contributed by atoms with van der Waals surface area (Å²) in [6, 6.07) is 0. The van der Waals surface area contributed by atoms with E-state index in [-0.39, 0.29) is 5.97 Å². The van der Waals surface area contributed by atoms with Crippen molar-refractivity contribution in [2.24, 2.45) is 5.11 Å². The molecule has 6 nitrogen and oxygen atoms in total. The van der Waals surface area contributed by atoms with Gasteiger partial charge in [-0.15, -0.1) is 0 Å². The third-order valence-electron chi connectivity index (χ3n) is 2.56. The minimum Gasteiger partial charge on any atom is -0.468 e. The maximum Gasteiger partial charge on any atom is 0.326 e. The summed E-state index contributed by atoms with van der Waals surface area (Å²) in [5.41, 5.74) is 7.55. The van der Waals surface area contributed by atoms with E-state index in [1.807, 2.05) is 0 Å². The Hall–Kier alpha value is -0.910. The van der Waals surface area contributed by atoms with Crippen LogP contribution in [0.3, 0.4) is 0 Å². The molecule has 0 aliphatic carbocycles. The molecule has 0 saturated carbocycles. The van der Waals surface area contributed by atoms with E-state index >= 15 is 0 Å². The zero-order valence-electron chi connectivity index (χ0n) is 9.47. The number of rotatable bonds is 5. The average molecular weight is 244 g/mol. The van der Waals surface area contributed by atoms with Gasteiger partial charge in [-0.25, -0.2) is 0 Å². The molecular formula is C9H16N4O2S. The van der Waals surface area contributed by atoms with Crippen LogP contribution in [0.1, 0.15) is 13.3 Å². The van der Waals surface area contributed by atoms with Crippen LogP contribution in [0.2, 0.25) is 0 Å². The summed E-state index contributed by atoms with van der Waals surface area (Å²) in [5, 5.41) is 7.01. The Kier molecular flexibility index (Phi) is 4.92. The minimum absolute atomic E-state index is 0.231. The maximum atomic E-state index is 11.7. The van der Waals surface area contributed by atoms with Crippen LogP contribution in [0.25, 0.3) is 10.4 Å². The van der Waals surface area contributed by atoms with Crippen molar-refractivity contribution in [3.63, 3.8) is 0 Å². The van der Waals surface area contributed by atoms with E-state index in [0.717, 1.165) is 6.42 Å². The number of esters is 1. The zero-order valence-corrected chi connectivity index (χ0v) is 10.3. The normalized spacial score (nSPS) is 28.5. The highest BCUT2D eigenvalue weighted by Crippen LogP contribution is 2.35. The Morgan fingerprint density at radius 1 is 1.81 bits per heavy atom. The van der Waals surface area contributed by atoms with E-state index in [9.17, 15) is 4.79 Å². The number of thioether (sulfide) groups is 1. The molecule has 1 fully saturated rings. The van der Waals surface area contributed by atoms with Crippen molar-refractivity contribution in [3.8, 4) is 0 Å². The molecule has 1 aliphatic heterocycles. The molecule has 0 aromatic rings. The number of carbonyl (C=O) groups excluding carboxylic acids is 1. The fraction of sp³-hybridized carbons (Fsp3) is 0.889. The van der Waals surface area contributed by atoms with Gasteiger partial charge in [0.2, 0.25) is 0 Å². The Labute approximate surface area is 98.7 Å². The molecule has 2 unspecified atom stereocenters. The lowest BCUT2D eigenvalue weighted by atomic mass is 9.96. The van der Waals surface area contributed by atoms with E-state index in [1.165, 1.54) is 7.11 Å². The van der Waals surface area contributed by atoms with Gasteiger partial charge in [-0.1, -0.05) is 12.0 Å². The van der Waals surface area contributed by atoms with Gasteiger partial charge in [0.1, 0.15) is 5.54 Å². The number of methoxy groups -OCH3 is 1. The number of azide groups is 1. The van der Waals surface area contributed by atoms with Gasteiger partial charge in [0.15, 0.2) is 0 Å². The van der Waals surface area contributed by atoms with Crippen LogP contribution >= 0.6 is 11.8 Å². The monoisotopic (exact) mass is 244 g/mol. The van der Waals surface area contributed by atoms with Gasteiger partial charge in [0.25, 0.3) is 0 Å². The summed E-state index contributed by atoms with van der Waals surface area (Å²) >= 11 is 1.74. The molecular weight excluding hydrogens is 228 g/mol. The summed E-state index contributed by atoms with van der Waals surface area (Å²) < 4.78 is 4.82. The van der Waals surface area contributed by atoms with Crippen LogP contribution in [-0.4, -0.2) is 42.7 Å². The van der Waals surface area contributed by atoms with E-state index in [2.05, 4.69) is 22.3 Å². The summed E-state index contributed by atoms with van der Waals surface area (Å²) in [4.78, 5) is 14.4. The summed E-state index contributed by atoms with van der Waals surface area (Å²) in [5.74, 6) is 0.474. The van der Waals surface area contributed by atoms with Gasteiger partial charge in [-0.05, 0) is 12.0 Å². The topological polar surface area (TPSA) is 87.1 Å². The van der Waals surface area contributed by atoms with Crippen LogP contribution in [0.5, 0.6) is 0 Å². The third kappa shape index (κ3) is 3.04. The summed E-state index contributed by atoms with van der Waals surface area (Å²) in [6.45, 7) is 2.92. The highest BCUT2D eigenvalue weighted by atomic mass is 32.2. The number of hydrogen-bond acceptors (Lipinski definition) is 5. The van der Waals surface area contributed by atoms with Crippen molar-refractivity contribution in [1.29, 1.82) is 0 Å². The smallest absolute Gasteiger partial charge is 0.326 e. The second-order valence-electron chi connectivity index (χ2n) is 3.78. The first-order valence-corrected chi connectivity index (χ1v) is 6.15. The molecule has 1 aliphatic rings. The molecule has 2 atom stereocenters. The lowest BCUT2D eigenvalue weighted by Crippen LogP contribution is -2.54. The second-order valence-corrected chi connectivity index (χ2v) is 5.21. The molecule has 0 aromatic carbocycles. The van der Waals surface area contributed by atoms with Crippen LogP contribution < -0.4 is 5.32 Å². The molecule has 0 bridgehead atoms. The van der Waals surface area contributed by atoms with E-state index < -0.39 is 5.54 Å². The van der Waals surface area contributed by atoms with Gasteiger partial charge >= 0.3 is 5.97 Å². The van der Waals surface area contributed by atoms with Crippen molar-refractivity contribution in [2.75, 3.05) is 26.0 Å². The molecule has 1 saturated heterocycles. The number of carbonyl (C=O) groups is 1. The fourth-order valence-corrected chi connectivity index (χ4v) is 3.13. The van der Waals surface area contributed by atoms with Gasteiger partial charge < -0.3 is 10.1 Å². The SMILES string of the molecule is COC(=O)C1(NCCN=[N+]=[N-])CSC(C)C1. The predicted octanol–water partition coefficient (Wildman–Crippen LogP) is 1.32. The van der Waals surface area contributed by atoms with E-state index in [4.69, 9.17) is 10.3 Å². The van der Waals surface area contributed by atoms with Gasteiger partial charge in [-0.2, -0.15) is 11.8 Å². The number of nitrogens with zero attached hydrogens (tertiary/aromatic N) is 3. The summed E-state index contributed by atoms with van der Waals surface area (Å²) in [6.07, 6.45) is 0.751. The van der Waals surface area contributed by atoms with Gasteiger partial charge in [0.05, 0.1) is 7.11 Å². The van der Waals surface area contributed by atoms with Gasteiger partial charge in [0, 0.05) is 29.0 Å². The molecule has 1 rings (SSSR count).